The number of carbonyl (C=O) groups excluding carboxylic acids is 2. The van der Waals surface area contributed by atoms with Crippen LogP contribution in [0.25, 0.3) is 0 Å². The van der Waals surface area contributed by atoms with Gasteiger partial charge in [-0.2, -0.15) is 5.10 Å². The van der Waals surface area contributed by atoms with Crippen LogP contribution >= 0.6 is 0 Å². The topological polar surface area (TPSA) is 53.0 Å². The fraction of sp³-hybridized carbons (Fsp3) is 0.250. The van der Waals surface area contributed by atoms with Crippen molar-refractivity contribution in [2.75, 3.05) is 13.6 Å². The molecule has 0 aliphatic carbocycles. The number of halogens is 1. The molecule has 6 heteroatoms. The van der Waals surface area contributed by atoms with E-state index in [-0.39, 0.29) is 30.2 Å². The van der Waals surface area contributed by atoms with Gasteiger partial charge in [-0.3, -0.25) is 9.59 Å². The van der Waals surface area contributed by atoms with E-state index < -0.39 is 0 Å². The summed E-state index contributed by atoms with van der Waals surface area (Å²) < 4.78 is 14.2. The van der Waals surface area contributed by atoms with Crippen molar-refractivity contribution in [3.63, 3.8) is 0 Å². The zero-order valence-corrected chi connectivity index (χ0v) is 14.7. The average molecular weight is 353 g/mol. The van der Waals surface area contributed by atoms with Crippen molar-refractivity contribution in [1.29, 1.82) is 0 Å². The Hall–Kier alpha value is -3.02. The number of carbonyl (C=O) groups is 2. The van der Waals surface area contributed by atoms with Gasteiger partial charge in [0, 0.05) is 26.0 Å². The molecule has 5 nitrogen and oxygen atoms in total. The Morgan fingerprint density at radius 3 is 2.46 bits per heavy atom. The second kappa shape index (κ2) is 7.47. The molecule has 0 saturated carbocycles. The number of hydrogen-bond donors (Lipinski definition) is 0. The van der Waals surface area contributed by atoms with Gasteiger partial charge in [-0.25, -0.2) is 9.40 Å². The van der Waals surface area contributed by atoms with Crippen LogP contribution in [0.15, 0.2) is 59.7 Å². The molecule has 0 bridgehead atoms. The minimum absolute atomic E-state index is 0.0767. The zero-order chi connectivity index (χ0) is 18.7. The molecule has 3 rings (SSSR count). The van der Waals surface area contributed by atoms with E-state index >= 15 is 0 Å². The highest BCUT2D eigenvalue weighted by Gasteiger charge is 2.34. The van der Waals surface area contributed by atoms with Gasteiger partial charge in [0.15, 0.2) is 0 Å². The van der Waals surface area contributed by atoms with Crippen LogP contribution in [-0.2, 0) is 9.59 Å². The molecule has 0 radical (unpaired) electrons. The lowest BCUT2D eigenvalue weighted by Gasteiger charge is -2.24. The van der Waals surface area contributed by atoms with Crippen molar-refractivity contribution in [1.82, 2.24) is 9.91 Å². The maximum Gasteiger partial charge on any atom is 0.262 e. The lowest BCUT2D eigenvalue weighted by atomic mass is 9.98. The highest BCUT2D eigenvalue weighted by molar-refractivity contribution is 6.03. The molecule has 1 atom stereocenters. The van der Waals surface area contributed by atoms with Crippen LogP contribution < -0.4 is 0 Å². The predicted octanol–water partition coefficient (Wildman–Crippen LogP) is 2.98. The molecule has 2 aromatic rings. The van der Waals surface area contributed by atoms with Gasteiger partial charge in [-0.05, 0) is 11.6 Å². The van der Waals surface area contributed by atoms with Gasteiger partial charge in [0.2, 0.25) is 5.91 Å². The van der Waals surface area contributed by atoms with E-state index in [9.17, 15) is 14.0 Å². The van der Waals surface area contributed by atoms with Gasteiger partial charge in [-0.15, -0.1) is 0 Å². The van der Waals surface area contributed by atoms with Gasteiger partial charge >= 0.3 is 0 Å². The molecule has 1 aliphatic heterocycles. The van der Waals surface area contributed by atoms with Gasteiger partial charge in [0.1, 0.15) is 12.4 Å². The zero-order valence-electron chi connectivity index (χ0n) is 14.7. The van der Waals surface area contributed by atoms with Crippen molar-refractivity contribution >= 4 is 17.5 Å². The minimum Gasteiger partial charge on any atom is -0.337 e. The summed E-state index contributed by atoms with van der Waals surface area (Å²) in [6, 6.07) is 15.6. The number of hydrazone groups is 1. The summed E-state index contributed by atoms with van der Waals surface area (Å²) in [5.41, 5.74) is 1.83. The SMILES string of the molecule is CC(=O)N(C)CC(=O)N1N=C(c2ccccc2F)CC1c1ccccc1. The van der Waals surface area contributed by atoms with Crippen molar-refractivity contribution in [2.24, 2.45) is 5.10 Å². The lowest BCUT2D eigenvalue weighted by Crippen LogP contribution is -2.38. The van der Waals surface area contributed by atoms with Crippen LogP contribution in [0.3, 0.4) is 0 Å². The first kappa shape index (κ1) is 17.8. The summed E-state index contributed by atoms with van der Waals surface area (Å²) in [6.07, 6.45) is 0.417. The first-order chi connectivity index (χ1) is 12.5. The third-order valence-corrected chi connectivity index (χ3v) is 4.44. The average Bonchev–Trinajstić information content (AvgIpc) is 3.08. The molecular formula is C20H20FN3O2. The van der Waals surface area contributed by atoms with Crippen molar-refractivity contribution < 1.29 is 14.0 Å². The summed E-state index contributed by atoms with van der Waals surface area (Å²) in [5.74, 6) is -0.872. The van der Waals surface area contributed by atoms with Crippen molar-refractivity contribution in [2.45, 2.75) is 19.4 Å². The molecule has 0 N–H and O–H groups in total. The molecule has 1 aliphatic rings. The Morgan fingerprint density at radius 1 is 1.15 bits per heavy atom. The second-order valence-corrected chi connectivity index (χ2v) is 6.27. The normalized spacial score (nSPS) is 16.3. The molecule has 2 aromatic carbocycles. The fourth-order valence-corrected chi connectivity index (χ4v) is 2.92. The predicted molar refractivity (Wildman–Crippen MR) is 96.9 cm³/mol. The smallest absolute Gasteiger partial charge is 0.262 e. The summed E-state index contributed by atoms with van der Waals surface area (Å²) in [7, 11) is 1.56. The van der Waals surface area contributed by atoms with Crippen LogP contribution in [0, 0.1) is 5.82 Å². The Kier molecular flexibility index (Phi) is 5.11. The van der Waals surface area contributed by atoms with Gasteiger partial charge in [0.05, 0.1) is 11.8 Å². The highest BCUT2D eigenvalue weighted by Crippen LogP contribution is 2.33. The molecule has 0 saturated heterocycles. The van der Waals surface area contributed by atoms with Crippen molar-refractivity contribution in [3.8, 4) is 0 Å². The van der Waals surface area contributed by atoms with Crippen molar-refractivity contribution in [3.05, 3.63) is 71.5 Å². The standard InChI is InChI=1S/C20H20FN3O2/c1-14(25)23(2)13-20(26)24-19(15-8-4-3-5-9-15)12-18(22-24)16-10-6-7-11-17(16)21/h3-11,19H,12-13H2,1-2H3. The van der Waals surface area contributed by atoms with Crippen LogP contribution in [-0.4, -0.2) is 41.0 Å². The monoisotopic (exact) mass is 353 g/mol. The van der Waals surface area contributed by atoms with Crippen LogP contribution in [0.5, 0.6) is 0 Å². The Labute approximate surface area is 151 Å². The molecule has 0 fully saturated rings. The van der Waals surface area contributed by atoms with Crippen LogP contribution in [0.4, 0.5) is 4.39 Å². The maximum atomic E-state index is 14.2. The first-order valence-corrected chi connectivity index (χ1v) is 8.38. The Balaban J connectivity index is 1.94. The summed E-state index contributed by atoms with van der Waals surface area (Å²) in [5, 5.41) is 5.78. The van der Waals surface area contributed by atoms with E-state index in [1.165, 1.54) is 22.9 Å². The van der Waals surface area contributed by atoms with E-state index in [0.717, 1.165) is 5.56 Å². The summed E-state index contributed by atoms with van der Waals surface area (Å²) in [6.45, 7) is 1.33. The first-order valence-electron chi connectivity index (χ1n) is 8.38. The third kappa shape index (κ3) is 3.64. The van der Waals surface area contributed by atoms with E-state index in [1.54, 1.807) is 25.2 Å². The highest BCUT2D eigenvalue weighted by atomic mass is 19.1. The molecule has 0 spiro atoms. The van der Waals surface area contributed by atoms with Crippen LogP contribution in [0.2, 0.25) is 0 Å². The largest absolute Gasteiger partial charge is 0.337 e. The summed E-state index contributed by atoms with van der Waals surface area (Å²) in [4.78, 5) is 25.5. The fourth-order valence-electron chi connectivity index (χ4n) is 2.92. The van der Waals surface area contributed by atoms with E-state index in [2.05, 4.69) is 5.10 Å². The molecule has 1 unspecified atom stereocenters. The number of nitrogens with zero attached hydrogens (tertiary/aromatic N) is 3. The Morgan fingerprint density at radius 2 is 1.81 bits per heavy atom. The second-order valence-electron chi connectivity index (χ2n) is 6.27. The van der Waals surface area contributed by atoms with Gasteiger partial charge < -0.3 is 4.90 Å². The van der Waals surface area contributed by atoms with Gasteiger partial charge in [0.25, 0.3) is 5.91 Å². The molecule has 26 heavy (non-hydrogen) atoms. The quantitative estimate of drug-likeness (QED) is 0.848. The van der Waals surface area contributed by atoms with E-state index in [4.69, 9.17) is 0 Å². The van der Waals surface area contributed by atoms with Crippen LogP contribution in [0.1, 0.15) is 30.5 Å². The lowest BCUT2D eigenvalue weighted by molar-refractivity contribution is -0.139. The minimum atomic E-state index is -0.367. The maximum absolute atomic E-state index is 14.2. The summed E-state index contributed by atoms with van der Waals surface area (Å²) >= 11 is 0. The van der Waals surface area contributed by atoms with E-state index in [0.29, 0.717) is 17.7 Å². The van der Waals surface area contributed by atoms with E-state index in [1.807, 2.05) is 30.3 Å². The third-order valence-electron chi connectivity index (χ3n) is 4.44. The molecule has 2 amide bonds. The number of rotatable bonds is 4. The molecular weight excluding hydrogens is 333 g/mol. The number of amides is 2. The Bertz CT molecular complexity index is 851. The number of benzene rings is 2. The molecule has 1 heterocycles. The van der Waals surface area contributed by atoms with Gasteiger partial charge in [-0.1, -0.05) is 48.5 Å². The molecule has 0 aromatic heterocycles. The molecule has 134 valence electrons. The number of likely N-dealkylation sites (N-methyl/N-ethyl adjacent to an activating group) is 1. The number of hydrogen-bond acceptors (Lipinski definition) is 3.